The summed E-state index contributed by atoms with van der Waals surface area (Å²) in [5.41, 5.74) is 1.56. The van der Waals surface area contributed by atoms with Crippen LogP contribution in [0.25, 0.3) is 0 Å². The predicted molar refractivity (Wildman–Crippen MR) is 89.9 cm³/mol. The number of amides is 1. The van der Waals surface area contributed by atoms with E-state index in [-0.39, 0.29) is 18.9 Å². The molecule has 0 aliphatic rings. The molecule has 0 aliphatic carbocycles. The van der Waals surface area contributed by atoms with Gasteiger partial charge in [-0.05, 0) is 50.3 Å². The van der Waals surface area contributed by atoms with Crippen molar-refractivity contribution in [2.45, 2.75) is 58.9 Å². The maximum absolute atomic E-state index is 12.1. The Balaban J connectivity index is 2.63. The zero-order chi connectivity index (χ0) is 17.6. The molecule has 0 aromatic heterocycles. The first-order valence-corrected chi connectivity index (χ1v) is 7.87. The van der Waals surface area contributed by atoms with Gasteiger partial charge in [0.1, 0.15) is 5.75 Å². The molecule has 0 atom stereocenters. The molecule has 1 aromatic rings. The molecular formula is C18H27NO4. The van der Waals surface area contributed by atoms with E-state index in [1.54, 1.807) is 13.8 Å². The molecule has 128 valence electrons. The summed E-state index contributed by atoms with van der Waals surface area (Å²) in [5, 5.41) is 11.6. The van der Waals surface area contributed by atoms with E-state index in [1.807, 2.05) is 25.1 Å². The van der Waals surface area contributed by atoms with Crippen molar-refractivity contribution in [2.24, 2.45) is 0 Å². The van der Waals surface area contributed by atoms with Gasteiger partial charge in [-0.3, -0.25) is 9.59 Å². The first kappa shape index (κ1) is 19.0. The number of aliphatic carboxylic acids is 1. The van der Waals surface area contributed by atoms with E-state index in [1.165, 1.54) is 0 Å². The Morgan fingerprint density at radius 3 is 2.52 bits per heavy atom. The van der Waals surface area contributed by atoms with Crippen LogP contribution >= 0.6 is 0 Å². The quantitative estimate of drug-likeness (QED) is 0.770. The summed E-state index contributed by atoms with van der Waals surface area (Å²) >= 11 is 0. The Morgan fingerprint density at radius 2 is 1.96 bits per heavy atom. The highest BCUT2D eigenvalue weighted by atomic mass is 16.5. The number of carboxylic acids is 1. The maximum atomic E-state index is 12.1. The molecular weight excluding hydrogens is 294 g/mol. The zero-order valence-corrected chi connectivity index (χ0v) is 14.6. The van der Waals surface area contributed by atoms with Gasteiger partial charge in [0, 0.05) is 12.0 Å². The lowest BCUT2D eigenvalue weighted by Crippen LogP contribution is -2.45. The third-order valence-corrected chi connectivity index (χ3v) is 3.59. The Kier molecular flexibility index (Phi) is 6.61. The molecule has 0 saturated carbocycles. The minimum absolute atomic E-state index is 0.0174. The number of benzene rings is 1. The van der Waals surface area contributed by atoms with E-state index in [9.17, 15) is 9.59 Å². The second-order valence-corrected chi connectivity index (χ2v) is 6.81. The van der Waals surface area contributed by atoms with Crippen LogP contribution < -0.4 is 10.1 Å². The molecule has 1 rings (SSSR count). The van der Waals surface area contributed by atoms with Gasteiger partial charge in [-0.25, -0.2) is 0 Å². The molecule has 0 aliphatic heterocycles. The normalized spacial score (nSPS) is 11.4. The van der Waals surface area contributed by atoms with E-state index in [4.69, 9.17) is 9.84 Å². The standard InChI is InChI=1S/C18H27NO4/c1-12(2)14-7-6-13(3)10-15(14)23-11-16(20)19-18(4,5)9-8-17(21)22/h6-7,10,12H,8-9,11H2,1-5H3,(H,19,20)(H,21,22). The molecule has 1 aromatic carbocycles. The Bertz CT molecular complexity index is 564. The number of carboxylic acid groups (broad SMARTS) is 1. The van der Waals surface area contributed by atoms with Crippen molar-refractivity contribution in [1.29, 1.82) is 0 Å². The first-order valence-electron chi connectivity index (χ1n) is 7.87. The fourth-order valence-corrected chi connectivity index (χ4v) is 2.28. The van der Waals surface area contributed by atoms with Gasteiger partial charge in [-0.1, -0.05) is 26.0 Å². The number of carbonyl (C=O) groups is 2. The van der Waals surface area contributed by atoms with Crippen LogP contribution in [0.4, 0.5) is 0 Å². The van der Waals surface area contributed by atoms with Gasteiger partial charge in [0.15, 0.2) is 6.61 Å². The van der Waals surface area contributed by atoms with Crippen LogP contribution in [0.3, 0.4) is 0 Å². The number of carbonyl (C=O) groups excluding carboxylic acids is 1. The molecule has 5 nitrogen and oxygen atoms in total. The number of rotatable bonds is 8. The van der Waals surface area contributed by atoms with Gasteiger partial charge < -0.3 is 15.2 Å². The van der Waals surface area contributed by atoms with Gasteiger partial charge in [-0.2, -0.15) is 0 Å². The highest BCUT2D eigenvalue weighted by Gasteiger charge is 2.22. The molecule has 0 bridgehead atoms. The number of hydrogen-bond donors (Lipinski definition) is 2. The van der Waals surface area contributed by atoms with Gasteiger partial charge >= 0.3 is 5.97 Å². The summed E-state index contributed by atoms with van der Waals surface area (Å²) in [6.07, 6.45) is 0.388. The topological polar surface area (TPSA) is 75.6 Å². The summed E-state index contributed by atoms with van der Waals surface area (Å²) < 4.78 is 5.68. The second-order valence-electron chi connectivity index (χ2n) is 6.81. The van der Waals surface area contributed by atoms with Crippen molar-refractivity contribution in [1.82, 2.24) is 5.32 Å². The van der Waals surface area contributed by atoms with Gasteiger partial charge in [-0.15, -0.1) is 0 Å². The van der Waals surface area contributed by atoms with E-state index < -0.39 is 11.5 Å². The maximum Gasteiger partial charge on any atom is 0.303 e. The molecule has 0 saturated heterocycles. The van der Waals surface area contributed by atoms with Gasteiger partial charge in [0.05, 0.1) is 0 Å². The van der Waals surface area contributed by atoms with E-state index >= 15 is 0 Å². The molecule has 0 unspecified atom stereocenters. The summed E-state index contributed by atoms with van der Waals surface area (Å²) in [6.45, 7) is 9.66. The van der Waals surface area contributed by atoms with E-state index in [2.05, 4.69) is 19.2 Å². The lowest BCUT2D eigenvalue weighted by Gasteiger charge is -2.25. The van der Waals surface area contributed by atoms with E-state index in [0.717, 1.165) is 16.9 Å². The predicted octanol–water partition coefficient (Wildman–Crippen LogP) is 3.26. The largest absolute Gasteiger partial charge is 0.483 e. The summed E-state index contributed by atoms with van der Waals surface area (Å²) in [7, 11) is 0. The van der Waals surface area contributed by atoms with Crippen LogP contribution in [-0.4, -0.2) is 29.1 Å². The fraction of sp³-hybridized carbons (Fsp3) is 0.556. The molecule has 23 heavy (non-hydrogen) atoms. The molecule has 0 radical (unpaired) electrons. The number of hydrogen-bond acceptors (Lipinski definition) is 3. The Labute approximate surface area is 138 Å². The minimum Gasteiger partial charge on any atom is -0.483 e. The van der Waals surface area contributed by atoms with Crippen LogP contribution in [0.1, 0.15) is 57.6 Å². The van der Waals surface area contributed by atoms with Gasteiger partial charge in [0.2, 0.25) is 0 Å². The smallest absolute Gasteiger partial charge is 0.303 e. The van der Waals surface area contributed by atoms with Crippen LogP contribution in [0, 0.1) is 6.92 Å². The minimum atomic E-state index is -0.870. The first-order chi connectivity index (χ1) is 10.6. The zero-order valence-electron chi connectivity index (χ0n) is 14.6. The van der Waals surface area contributed by atoms with Gasteiger partial charge in [0.25, 0.3) is 5.91 Å². The van der Waals surface area contributed by atoms with Crippen molar-refractivity contribution < 1.29 is 19.4 Å². The lowest BCUT2D eigenvalue weighted by molar-refractivity contribution is -0.138. The SMILES string of the molecule is Cc1ccc(C(C)C)c(OCC(=O)NC(C)(C)CCC(=O)O)c1. The highest BCUT2D eigenvalue weighted by molar-refractivity contribution is 5.78. The molecule has 0 spiro atoms. The number of nitrogens with one attached hydrogen (secondary N) is 1. The number of ether oxygens (including phenoxy) is 1. The van der Waals surface area contributed by atoms with Crippen molar-refractivity contribution in [2.75, 3.05) is 6.61 Å². The summed E-state index contributed by atoms with van der Waals surface area (Å²) in [4.78, 5) is 22.7. The summed E-state index contributed by atoms with van der Waals surface area (Å²) in [5.74, 6) is -0.0966. The van der Waals surface area contributed by atoms with Crippen LogP contribution in [-0.2, 0) is 9.59 Å². The van der Waals surface area contributed by atoms with Crippen LogP contribution in [0.15, 0.2) is 18.2 Å². The molecule has 0 fully saturated rings. The van der Waals surface area contributed by atoms with Crippen LogP contribution in [0.5, 0.6) is 5.75 Å². The third kappa shape index (κ3) is 6.72. The average molecular weight is 321 g/mol. The molecule has 5 heteroatoms. The molecule has 1 amide bonds. The Hall–Kier alpha value is -2.04. The molecule has 2 N–H and O–H groups in total. The van der Waals surface area contributed by atoms with Crippen LogP contribution in [0.2, 0.25) is 0 Å². The highest BCUT2D eigenvalue weighted by Crippen LogP contribution is 2.27. The third-order valence-electron chi connectivity index (χ3n) is 3.59. The fourth-order valence-electron chi connectivity index (χ4n) is 2.28. The number of aryl methyl sites for hydroxylation is 1. The van der Waals surface area contributed by atoms with Crippen molar-refractivity contribution in [3.8, 4) is 5.75 Å². The Morgan fingerprint density at radius 1 is 1.30 bits per heavy atom. The lowest BCUT2D eigenvalue weighted by atomic mass is 9.98. The van der Waals surface area contributed by atoms with E-state index in [0.29, 0.717) is 12.3 Å². The monoisotopic (exact) mass is 321 g/mol. The second kappa shape index (κ2) is 7.99. The van der Waals surface area contributed by atoms with Crippen molar-refractivity contribution in [3.05, 3.63) is 29.3 Å². The summed E-state index contributed by atoms with van der Waals surface area (Å²) in [6, 6.07) is 5.97. The van der Waals surface area contributed by atoms with Crippen molar-refractivity contribution in [3.63, 3.8) is 0 Å². The average Bonchev–Trinajstić information content (AvgIpc) is 2.42. The van der Waals surface area contributed by atoms with Crippen molar-refractivity contribution >= 4 is 11.9 Å². The molecule has 0 heterocycles.